The van der Waals surface area contributed by atoms with Gasteiger partial charge in [0.05, 0.1) is 23.1 Å². The van der Waals surface area contributed by atoms with Gasteiger partial charge in [0, 0.05) is 47.6 Å². The number of carboxylic acid groups (broad SMARTS) is 1. The fourth-order valence-electron chi connectivity index (χ4n) is 5.83. The number of hydrazone groups is 1. The maximum atomic E-state index is 13.9. The van der Waals surface area contributed by atoms with Gasteiger partial charge in [0.25, 0.3) is 11.8 Å². The molecule has 62 heavy (non-hydrogen) atoms. The van der Waals surface area contributed by atoms with E-state index in [9.17, 15) is 34.2 Å². The highest BCUT2D eigenvalue weighted by Crippen LogP contribution is 2.24. The number of aromatic hydroxyl groups is 1. The summed E-state index contributed by atoms with van der Waals surface area (Å²) in [4.78, 5) is 66.6. The highest BCUT2D eigenvalue weighted by molar-refractivity contribution is 7.99. The van der Waals surface area contributed by atoms with Crippen LogP contribution in [-0.2, 0) is 39.6 Å². The molecule has 1 aromatic heterocycles. The molecule has 15 nitrogen and oxygen atoms in total. The number of amides is 4. The van der Waals surface area contributed by atoms with E-state index < -0.39 is 35.5 Å². The molecule has 3 aromatic carbocycles. The Balaban J connectivity index is 1.47. The summed E-state index contributed by atoms with van der Waals surface area (Å²) in [5, 5.41) is 32.7. The summed E-state index contributed by atoms with van der Waals surface area (Å²) in [6, 6.07) is 20.9. The van der Waals surface area contributed by atoms with Gasteiger partial charge in [0.1, 0.15) is 22.7 Å². The second-order valence-electron chi connectivity index (χ2n) is 15.1. The van der Waals surface area contributed by atoms with E-state index in [0.29, 0.717) is 58.7 Å². The lowest BCUT2D eigenvalue weighted by atomic mass is 10.1. The van der Waals surface area contributed by atoms with Gasteiger partial charge >= 0.3 is 18.0 Å². The maximum absolute atomic E-state index is 13.9. The highest BCUT2D eigenvalue weighted by atomic mass is 35.5. The van der Waals surface area contributed by atoms with Crippen molar-refractivity contribution in [3.05, 3.63) is 116 Å². The normalized spacial score (nSPS) is 12.0. The fourth-order valence-corrected chi connectivity index (χ4v) is 8.15. The Labute approximate surface area is 374 Å². The van der Waals surface area contributed by atoms with E-state index in [1.807, 2.05) is 55.3 Å². The maximum Gasteiger partial charge on any atom is 0.339 e. The third-order valence-corrected chi connectivity index (χ3v) is 11.1. The molecule has 1 atom stereocenters. The fraction of sp³-hybridized carbons (Fsp3) is 0.364. The standard InChI is InChI=1S/C44H53ClN6O9S2/c1-6-46-39(53)25-59-31-14-11-28(12-15-31)19-20-47-43(58)50-49-36(27-61-26-30-9-7-8-10-34(30)45)35(22-40(54)60-44(2,3)4)48-41(55)38-18-16-32(62-38)24-51(5)23-29-13-17-37(52)33(21-29)42(56)57/h7-18,21,35,52H,6,19-20,22-27H2,1-5H3,(H,46,53)(H,48,55)(H,56,57)(H2,47,50,58)/b49-36+/t35-/m0/s1. The molecule has 0 saturated heterocycles. The van der Waals surface area contributed by atoms with Crippen LogP contribution in [0.2, 0.25) is 5.02 Å². The Kier molecular flexibility index (Phi) is 19.1. The van der Waals surface area contributed by atoms with Gasteiger partial charge in [-0.2, -0.15) is 16.9 Å². The lowest BCUT2D eigenvalue weighted by molar-refractivity contribution is -0.155. The third kappa shape index (κ3) is 17.0. The summed E-state index contributed by atoms with van der Waals surface area (Å²) >= 11 is 9.12. The number of hydrogen-bond acceptors (Lipinski definition) is 12. The van der Waals surface area contributed by atoms with E-state index in [1.165, 1.54) is 35.2 Å². The van der Waals surface area contributed by atoms with E-state index in [0.717, 1.165) is 16.0 Å². The number of carboxylic acids is 1. The van der Waals surface area contributed by atoms with E-state index in [-0.39, 0.29) is 42.5 Å². The molecule has 332 valence electrons. The minimum absolute atomic E-state index is 0.0880. The zero-order valence-corrected chi connectivity index (χ0v) is 37.7. The van der Waals surface area contributed by atoms with Crippen LogP contribution in [0.5, 0.6) is 11.5 Å². The molecule has 1 heterocycles. The molecule has 0 radical (unpaired) electrons. The molecule has 0 aliphatic carbocycles. The molecule has 0 saturated carbocycles. The Morgan fingerprint density at radius 3 is 2.37 bits per heavy atom. The number of nitrogens with one attached hydrogen (secondary N) is 4. The van der Waals surface area contributed by atoms with Crippen molar-refractivity contribution in [2.24, 2.45) is 5.10 Å². The Bertz CT molecular complexity index is 2190. The van der Waals surface area contributed by atoms with Crippen LogP contribution < -0.4 is 26.1 Å². The zero-order chi connectivity index (χ0) is 45.2. The van der Waals surface area contributed by atoms with Gasteiger partial charge in [-0.25, -0.2) is 15.0 Å². The molecule has 4 amide bonds. The van der Waals surface area contributed by atoms with Crippen LogP contribution in [0.15, 0.2) is 84.0 Å². The molecule has 0 fully saturated rings. The summed E-state index contributed by atoms with van der Waals surface area (Å²) in [6.45, 7) is 8.57. The smallest absolute Gasteiger partial charge is 0.339 e. The number of ether oxygens (including phenoxy) is 2. The molecule has 0 aliphatic rings. The van der Waals surface area contributed by atoms with Crippen LogP contribution in [0, 0.1) is 0 Å². The van der Waals surface area contributed by atoms with Gasteiger partial charge < -0.3 is 35.6 Å². The molecule has 18 heteroatoms. The molecular weight excluding hydrogens is 856 g/mol. The van der Waals surface area contributed by atoms with Crippen LogP contribution >= 0.6 is 34.7 Å². The van der Waals surface area contributed by atoms with Crippen molar-refractivity contribution < 1.29 is 43.7 Å². The number of urea groups is 1. The number of esters is 1. The molecule has 4 aromatic rings. The number of carbonyl (C=O) groups excluding carboxylic acids is 4. The summed E-state index contributed by atoms with van der Waals surface area (Å²) in [7, 11) is 1.85. The molecule has 0 unspecified atom stereocenters. The number of nitrogens with zero attached hydrogens (tertiary/aromatic N) is 2. The van der Waals surface area contributed by atoms with Crippen molar-refractivity contribution in [1.82, 2.24) is 26.3 Å². The van der Waals surface area contributed by atoms with E-state index in [1.54, 1.807) is 51.1 Å². The van der Waals surface area contributed by atoms with Crippen LogP contribution in [0.4, 0.5) is 4.79 Å². The number of hydrogen-bond donors (Lipinski definition) is 6. The zero-order valence-electron chi connectivity index (χ0n) is 35.3. The number of likely N-dealkylation sites (N-methyl/N-ethyl adjacent to an activating group) is 1. The molecule has 6 N–H and O–H groups in total. The Morgan fingerprint density at radius 2 is 1.68 bits per heavy atom. The van der Waals surface area contributed by atoms with Crippen LogP contribution in [0.1, 0.15) is 75.7 Å². The Morgan fingerprint density at radius 1 is 0.952 bits per heavy atom. The van der Waals surface area contributed by atoms with Gasteiger partial charge in [0.2, 0.25) is 0 Å². The van der Waals surface area contributed by atoms with Crippen LogP contribution in [0.3, 0.4) is 0 Å². The first-order valence-electron chi connectivity index (χ1n) is 19.7. The monoisotopic (exact) mass is 908 g/mol. The van der Waals surface area contributed by atoms with Crippen molar-refractivity contribution in [1.29, 1.82) is 0 Å². The van der Waals surface area contributed by atoms with Crippen molar-refractivity contribution in [3.63, 3.8) is 0 Å². The molecular formula is C44H53ClN6O9S2. The lowest BCUT2D eigenvalue weighted by Crippen LogP contribution is -2.45. The molecule has 4 rings (SSSR count). The first-order valence-corrected chi connectivity index (χ1v) is 22.1. The van der Waals surface area contributed by atoms with E-state index in [4.69, 9.17) is 21.1 Å². The summed E-state index contributed by atoms with van der Waals surface area (Å²) in [5.74, 6) is -1.56. The second-order valence-corrected chi connectivity index (χ2v) is 17.7. The number of halogens is 1. The topological polar surface area (TPSA) is 208 Å². The van der Waals surface area contributed by atoms with Gasteiger partial charge in [-0.1, -0.05) is 48.0 Å². The van der Waals surface area contributed by atoms with Gasteiger partial charge in [-0.15, -0.1) is 11.3 Å². The first-order chi connectivity index (χ1) is 29.5. The van der Waals surface area contributed by atoms with Crippen molar-refractivity contribution in [2.45, 2.75) is 71.0 Å². The van der Waals surface area contributed by atoms with Crippen molar-refractivity contribution in [2.75, 3.05) is 32.5 Å². The number of benzene rings is 3. The van der Waals surface area contributed by atoms with Gasteiger partial charge in [-0.05, 0) is 100 Å². The first kappa shape index (κ1) is 49.0. The predicted molar refractivity (Wildman–Crippen MR) is 242 cm³/mol. The summed E-state index contributed by atoms with van der Waals surface area (Å²) < 4.78 is 11.1. The number of aromatic carboxylic acids is 1. The SMILES string of the molecule is CCNC(=O)COc1ccc(CCNC(=O)N/N=C(\CSCc2ccccc2Cl)[C@H](CC(=O)OC(C)(C)C)NC(=O)c2ccc(CN(C)Cc3ccc(O)c(C(=O)O)c3)s2)cc1. The number of thiophene rings is 1. The third-order valence-electron chi connectivity index (χ3n) is 8.69. The van der Waals surface area contributed by atoms with E-state index in [2.05, 4.69) is 26.5 Å². The van der Waals surface area contributed by atoms with Gasteiger partial charge in [0.15, 0.2) is 6.61 Å². The summed E-state index contributed by atoms with van der Waals surface area (Å²) in [6.07, 6.45) is 0.222. The molecule has 0 bridgehead atoms. The Hall–Kier alpha value is -5.62. The van der Waals surface area contributed by atoms with Crippen LogP contribution in [-0.4, -0.2) is 94.7 Å². The number of rotatable bonds is 22. The van der Waals surface area contributed by atoms with Crippen LogP contribution in [0.25, 0.3) is 0 Å². The summed E-state index contributed by atoms with van der Waals surface area (Å²) in [5.41, 5.74) is 4.35. The van der Waals surface area contributed by atoms with Gasteiger partial charge in [-0.3, -0.25) is 19.3 Å². The second kappa shape index (κ2) is 24.1. The number of carbonyl (C=O) groups is 5. The number of thioether (sulfide) groups is 1. The highest BCUT2D eigenvalue weighted by Gasteiger charge is 2.27. The molecule has 0 spiro atoms. The average molecular weight is 910 g/mol. The minimum Gasteiger partial charge on any atom is -0.507 e. The lowest BCUT2D eigenvalue weighted by Gasteiger charge is -2.24. The average Bonchev–Trinajstić information content (AvgIpc) is 3.67. The van der Waals surface area contributed by atoms with Crippen molar-refractivity contribution >= 4 is 70.2 Å². The van der Waals surface area contributed by atoms with Crippen molar-refractivity contribution in [3.8, 4) is 11.5 Å². The minimum atomic E-state index is -1.23. The quantitative estimate of drug-likeness (QED) is 0.0281. The largest absolute Gasteiger partial charge is 0.507 e. The van der Waals surface area contributed by atoms with E-state index >= 15 is 0 Å². The number of phenols is 1. The molecule has 0 aliphatic heterocycles. The predicted octanol–water partition coefficient (Wildman–Crippen LogP) is 6.61.